The van der Waals surface area contributed by atoms with E-state index in [2.05, 4.69) is 10.3 Å². The first-order valence-electron chi connectivity index (χ1n) is 6.71. The van der Waals surface area contributed by atoms with Crippen molar-refractivity contribution in [2.24, 2.45) is 0 Å². The van der Waals surface area contributed by atoms with Crippen LogP contribution in [0.3, 0.4) is 0 Å². The third kappa shape index (κ3) is 2.64. The van der Waals surface area contributed by atoms with Crippen LogP contribution in [0.2, 0.25) is 0 Å². The Morgan fingerprint density at radius 3 is 2.90 bits per heavy atom. The molecule has 1 N–H and O–H groups in total. The van der Waals surface area contributed by atoms with Crippen molar-refractivity contribution in [2.75, 3.05) is 25.0 Å². The van der Waals surface area contributed by atoms with E-state index in [-0.39, 0.29) is 29.7 Å². The molecule has 2 aromatic rings. The lowest BCUT2D eigenvalue weighted by molar-refractivity contribution is -0.383. The molecule has 3 rings (SSSR count). The number of likely N-dealkylation sites (tertiary alicyclic amines) is 1. The molecule has 0 atom stereocenters. The van der Waals surface area contributed by atoms with E-state index in [0.717, 1.165) is 25.9 Å². The van der Waals surface area contributed by atoms with Gasteiger partial charge in [0, 0.05) is 19.2 Å². The van der Waals surface area contributed by atoms with Gasteiger partial charge >= 0.3 is 0 Å². The maximum absolute atomic E-state index is 11.9. The lowest BCUT2D eigenvalue weighted by Crippen LogP contribution is -2.33. The second-order valence-corrected chi connectivity index (χ2v) is 4.84. The summed E-state index contributed by atoms with van der Waals surface area (Å²) in [5.41, 5.74) is 0.383. The SMILES string of the molecule is O=C(CNc1nc2c([N+](=O)[O-])cccc2o1)N1CCCC1. The van der Waals surface area contributed by atoms with Crippen LogP contribution in [0.1, 0.15) is 12.8 Å². The van der Waals surface area contributed by atoms with Crippen molar-refractivity contribution in [2.45, 2.75) is 12.8 Å². The van der Waals surface area contributed by atoms with Gasteiger partial charge in [0.2, 0.25) is 5.91 Å². The van der Waals surface area contributed by atoms with Crippen molar-refractivity contribution in [3.05, 3.63) is 28.3 Å². The zero-order valence-electron chi connectivity index (χ0n) is 11.2. The Hall–Kier alpha value is -2.64. The number of rotatable bonds is 4. The average Bonchev–Trinajstić information content (AvgIpc) is 3.12. The number of non-ortho nitro benzene ring substituents is 1. The zero-order valence-corrected chi connectivity index (χ0v) is 11.2. The summed E-state index contributed by atoms with van der Waals surface area (Å²) in [6, 6.07) is 4.62. The van der Waals surface area contributed by atoms with Gasteiger partial charge in [-0.25, -0.2) is 0 Å². The molecule has 1 aliphatic rings. The van der Waals surface area contributed by atoms with Crippen LogP contribution in [-0.2, 0) is 4.79 Å². The van der Waals surface area contributed by atoms with Gasteiger partial charge in [0.05, 0.1) is 11.5 Å². The number of fused-ring (bicyclic) bond motifs is 1. The summed E-state index contributed by atoms with van der Waals surface area (Å²) in [5, 5.41) is 13.7. The molecule has 110 valence electrons. The van der Waals surface area contributed by atoms with Crippen molar-refractivity contribution >= 4 is 28.7 Å². The first-order chi connectivity index (χ1) is 10.1. The predicted molar refractivity (Wildman–Crippen MR) is 75.0 cm³/mol. The third-order valence-corrected chi connectivity index (χ3v) is 3.44. The van der Waals surface area contributed by atoms with E-state index in [0.29, 0.717) is 5.58 Å². The number of benzene rings is 1. The average molecular weight is 290 g/mol. The van der Waals surface area contributed by atoms with Crippen LogP contribution < -0.4 is 5.32 Å². The quantitative estimate of drug-likeness (QED) is 0.680. The number of hydrogen-bond donors (Lipinski definition) is 1. The second-order valence-electron chi connectivity index (χ2n) is 4.84. The predicted octanol–water partition coefficient (Wildman–Crippen LogP) is 1.77. The summed E-state index contributed by atoms with van der Waals surface area (Å²) >= 11 is 0. The number of nitro benzene ring substituents is 1. The fourth-order valence-electron chi connectivity index (χ4n) is 2.39. The summed E-state index contributed by atoms with van der Waals surface area (Å²) in [5.74, 6) is -0.0238. The number of carbonyl (C=O) groups excluding carboxylic acids is 1. The van der Waals surface area contributed by atoms with E-state index in [1.807, 2.05) is 0 Å². The number of aromatic nitrogens is 1. The minimum atomic E-state index is -0.510. The Morgan fingerprint density at radius 2 is 2.19 bits per heavy atom. The number of nitrogens with zero attached hydrogens (tertiary/aromatic N) is 3. The van der Waals surface area contributed by atoms with Crippen LogP contribution in [-0.4, -0.2) is 40.3 Å². The molecule has 21 heavy (non-hydrogen) atoms. The number of nitrogens with one attached hydrogen (secondary N) is 1. The normalized spacial score (nSPS) is 14.6. The molecule has 1 fully saturated rings. The van der Waals surface area contributed by atoms with Crippen LogP contribution >= 0.6 is 0 Å². The first-order valence-corrected chi connectivity index (χ1v) is 6.71. The minimum absolute atomic E-state index is 0.0238. The summed E-state index contributed by atoms with van der Waals surface area (Å²) in [4.78, 5) is 28.1. The summed E-state index contributed by atoms with van der Waals surface area (Å²) < 4.78 is 5.37. The van der Waals surface area contributed by atoms with E-state index in [1.54, 1.807) is 11.0 Å². The maximum Gasteiger partial charge on any atom is 0.298 e. The highest BCUT2D eigenvalue weighted by Crippen LogP contribution is 2.27. The molecule has 1 aliphatic heterocycles. The molecule has 8 nitrogen and oxygen atoms in total. The number of hydrogen-bond acceptors (Lipinski definition) is 6. The van der Waals surface area contributed by atoms with E-state index >= 15 is 0 Å². The molecule has 1 aromatic carbocycles. The Labute approximate surface area is 119 Å². The standard InChI is InChI=1S/C13H14N4O4/c18-11(16-6-1-2-7-16)8-14-13-15-12-9(17(19)20)4-3-5-10(12)21-13/h3-5H,1-2,6-8H2,(H,14,15). The molecular weight excluding hydrogens is 276 g/mol. The molecule has 1 amide bonds. The van der Waals surface area contributed by atoms with Gasteiger partial charge in [-0.1, -0.05) is 6.07 Å². The maximum atomic E-state index is 11.9. The Morgan fingerprint density at radius 1 is 1.43 bits per heavy atom. The van der Waals surface area contributed by atoms with Crippen molar-refractivity contribution in [3.8, 4) is 0 Å². The Bertz CT molecular complexity index is 691. The molecule has 1 saturated heterocycles. The Kier molecular flexibility index (Phi) is 3.43. The van der Waals surface area contributed by atoms with Gasteiger partial charge in [-0.05, 0) is 18.9 Å². The van der Waals surface area contributed by atoms with Gasteiger partial charge in [-0.15, -0.1) is 0 Å². The van der Waals surface area contributed by atoms with Gasteiger partial charge < -0.3 is 14.6 Å². The van der Waals surface area contributed by atoms with E-state index in [1.165, 1.54) is 12.1 Å². The van der Waals surface area contributed by atoms with Gasteiger partial charge in [-0.3, -0.25) is 14.9 Å². The van der Waals surface area contributed by atoms with Gasteiger partial charge in [-0.2, -0.15) is 4.98 Å². The highest BCUT2D eigenvalue weighted by molar-refractivity contribution is 5.85. The lowest BCUT2D eigenvalue weighted by atomic mass is 10.3. The molecule has 0 aliphatic carbocycles. The molecule has 1 aromatic heterocycles. The van der Waals surface area contributed by atoms with Crippen molar-refractivity contribution in [1.82, 2.24) is 9.88 Å². The lowest BCUT2D eigenvalue weighted by Gasteiger charge is -2.14. The molecule has 8 heteroatoms. The van der Waals surface area contributed by atoms with Gasteiger partial charge in [0.1, 0.15) is 0 Å². The molecule has 0 unspecified atom stereocenters. The number of oxazole rings is 1. The Balaban J connectivity index is 1.74. The molecular formula is C13H14N4O4. The fraction of sp³-hybridized carbons (Fsp3) is 0.385. The number of nitro groups is 1. The van der Waals surface area contributed by atoms with Crippen LogP contribution in [0.15, 0.2) is 22.6 Å². The smallest absolute Gasteiger partial charge is 0.298 e. The van der Waals surface area contributed by atoms with Crippen molar-refractivity contribution in [1.29, 1.82) is 0 Å². The third-order valence-electron chi connectivity index (χ3n) is 3.44. The van der Waals surface area contributed by atoms with Gasteiger partial charge in [0.15, 0.2) is 11.1 Å². The molecule has 2 heterocycles. The highest BCUT2D eigenvalue weighted by Gasteiger charge is 2.20. The van der Waals surface area contributed by atoms with Crippen LogP contribution in [0, 0.1) is 10.1 Å². The molecule has 0 saturated carbocycles. The van der Waals surface area contributed by atoms with E-state index in [9.17, 15) is 14.9 Å². The monoisotopic (exact) mass is 290 g/mol. The minimum Gasteiger partial charge on any atom is -0.423 e. The van der Waals surface area contributed by atoms with Gasteiger partial charge in [0.25, 0.3) is 11.7 Å². The molecule has 0 spiro atoms. The fourth-order valence-corrected chi connectivity index (χ4v) is 2.39. The molecule has 0 radical (unpaired) electrons. The number of para-hydroxylation sites is 1. The largest absolute Gasteiger partial charge is 0.423 e. The summed E-state index contributed by atoms with van der Waals surface area (Å²) in [6.45, 7) is 1.62. The highest BCUT2D eigenvalue weighted by atomic mass is 16.6. The van der Waals surface area contributed by atoms with E-state index < -0.39 is 4.92 Å². The second kappa shape index (κ2) is 5.39. The topological polar surface area (TPSA) is 102 Å². The molecule has 0 bridgehead atoms. The van der Waals surface area contributed by atoms with Crippen molar-refractivity contribution < 1.29 is 14.1 Å². The first kappa shape index (κ1) is 13.3. The summed E-state index contributed by atoms with van der Waals surface area (Å²) in [6.07, 6.45) is 2.06. The van der Waals surface area contributed by atoms with Crippen LogP contribution in [0.4, 0.5) is 11.7 Å². The van der Waals surface area contributed by atoms with Crippen LogP contribution in [0.5, 0.6) is 0 Å². The number of carbonyl (C=O) groups is 1. The van der Waals surface area contributed by atoms with Crippen molar-refractivity contribution in [3.63, 3.8) is 0 Å². The number of anilines is 1. The van der Waals surface area contributed by atoms with Crippen LogP contribution in [0.25, 0.3) is 11.1 Å². The summed E-state index contributed by atoms with van der Waals surface area (Å²) in [7, 11) is 0. The number of amides is 1. The zero-order chi connectivity index (χ0) is 14.8. The van der Waals surface area contributed by atoms with E-state index in [4.69, 9.17) is 4.42 Å².